The lowest BCUT2D eigenvalue weighted by molar-refractivity contribution is -0.137. The van der Waals surface area contributed by atoms with Gasteiger partial charge in [0.1, 0.15) is 5.69 Å². The summed E-state index contributed by atoms with van der Waals surface area (Å²) in [5, 5.41) is 9.37. The average molecular weight is 364 g/mol. The molecule has 0 amide bonds. The summed E-state index contributed by atoms with van der Waals surface area (Å²) in [6.45, 7) is 1.66. The van der Waals surface area contributed by atoms with E-state index in [0.29, 0.717) is 0 Å². The molecule has 0 fully saturated rings. The Morgan fingerprint density at radius 1 is 1.38 bits per heavy atom. The number of aromatic amines is 1. The number of alkyl halides is 3. The second-order valence-corrected chi connectivity index (χ2v) is 4.76. The molecule has 112 valence electrons. The third kappa shape index (κ3) is 3.07. The highest BCUT2D eigenvalue weighted by Gasteiger charge is 2.37. The van der Waals surface area contributed by atoms with E-state index in [2.05, 4.69) is 31.3 Å². The number of carbonyl (C=O) groups excluding carboxylic acids is 1. The van der Waals surface area contributed by atoms with Crippen molar-refractivity contribution in [2.24, 2.45) is 0 Å². The van der Waals surface area contributed by atoms with Gasteiger partial charge in [-0.15, -0.1) is 5.10 Å². The molecule has 0 spiro atoms. The van der Waals surface area contributed by atoms with Gasteiger partial charge in [0.2, 0.25) is 0 Å². The molecule has 2 aromatic rings. The molecule has 1 aromatic heterocycles. The van der Waals surface area contributed by atoms with Gasteiger partial charge in [-0.25, -0.2) is 4.79 Å². The van der Waals surface area contributed by atoms with Gasteiger partial charge in [-0.1, -0.05) is 28.1 Å². The maximum atomic E-state index is 13.2. The highest BCUT2D eigenvalue weighted by molar-refractivity contribution is 9.10. The highest BCUT2D eigenvalue weighted by atomic mass is 79.9. The smallest absolute Gasteiger partial charge is 0.418 e. The van der Waals surface area contributed by atoms with Crippen molar-refractivity contribution in [1.82, 2.24) is 15.4 Å². The van der Waals surface area contributed by atoms with Gasteiger partial charge in [-0.05, 0) is 13.0 Å². The molecule has 1 aromatic carbocycles. The molecular weight excluding hydrogens is 355 g/mol. The van der Waals surface area contributed by atoms with Crippen molar-refractivity contribution in [3.63, 3.8) is 0 Å². The Labute approximate surface area is 125 Å². The Morgan fingerprint density at radius 2 is 2.10 bits per heavy atom. The molecule has 5 nitrogen and oxygen atoms in total. The number of rotatable bonds is 3. The first-order chi connectivity index (χ1) is 9.86. The van der Waals surface area contributed by atoms with Gasteiger partial charge in [0, 0.05) is 10.0 Å². The summed E-state index contributed by atoms with van der Waals surface area (Å²) in [6.07, 6.45) is -4.61. The summed E-state index contributed by atoms with van der Waals surface area (Å²) in [5.74, 6) is -0.839. The molecule has 1 heterocycles. The van der Waals surface area contributed by atoms with Crippen LogP contribution in [0.15, 0.2) is 22.7 Å². The minimum atomic E-state index is -4.61. The molecule has 2 rings (SSSR count). The Hall–Kier alpha value is -1.90. The lowest BCUT2D eigenvalue weighted by Gasteiger charge is -2.13. The van der Waals surface area contributed by atoms with Crippen LogP contribution in [-0.4, -0.2) is 28.0 Å². The maximum Gasteiger partial charge on any atom is 0.418 e. The van der Waals surface area contributed by atoms with Crippen LogP contribution >= 0.6 is 15.9 Å². The van der Waals surface area contributed by atoms with Crippen LogP contribution in [0.4, 0.5) is 13.2 Å². The predicted molar refractivity (Wildman–Crippen MR) is 70.5 cm³/mol. The van der Waals surface area contributed by atoms with E-state index in [1.54, 1.807) is 6.92 Å². The fourth-order valence-electron chi connectivity index (χ4n) is 1.77. The summed E-state index contributed by atoms with van der Waals surface area (Å²) >= 11 is 2.87. The third-order valence-corrected chi connectivity index (χ3v) is 3.23. The van der Waals surface area contributed by atoms with E-state index in [4.69, 9.17) is 4.74 Å². The predicted octanol–water partition coefficient (Wildman–Crippen LogP) is 3.43. The zero-order valence-corrected chi connectivity index (χ0v) is 12.2. The topological polar surface area (TPSA) is 67.9 Å². The Balaban J connectivity index is 2.62. The van der Waals surface area contributed by atoms with Crippen LogP contribution in [0.2, 0.25) is 0 Å². The van der Waals surface area contributed by atoms with Crippen LogP contribution in [0.3, 0.4) is 0 Å². The van der Waals surface area contributed by atoms with Crippen molar-refractivity contribution in [2.45, 2.75) is 13.1 Å². The number of ether oxygens (including phenoxy) is 1. The number of aromatic nitrogens is 3. The SMILES string of the molecule is CCOC(=O)c1n[nH]nc1-c1cccc(Br)c1C(F)(F)F. The monoisotopic (exact) mass is 363 g/mol. The Kier molecular flexibility index (Phi) is 4.31. The molecule has 9 heteroatoms. The number of esters is 1. The van der Waals surface area contributed by atoms with Gasteiger partial charge in [0.15, 0.2) is 5.69 Å². The van der Waals surface area contributed by atoms with Crippen LogP contribution in [-0.2, 0) is 10.9 Å². The van der Waals surface area contributed by atoms with E-state index < -0.39 is 17.7 Å². The summed E-state index contributed by atoms with van der Waals surface area (Å²) in [7, 11) is 0. The van der Waals surface area contributed by atoms with Gasteiger partial charge in [0.25, 0.3) is 0 Å². The van der Waals surface area contributed by atoms with Crippen molar-refractivity contribution in [3.8, 4) is 11.3 Å². The molecule has 0 bridgehead atoms. The van der Waals surface area contributed by atoms with E-state index in [1.807, 2.05) is 0 Å². The quantitative estimate of drug-likeness (QED) is 0.848. The average Bonchev–Trinajstić information content (AvgIpc) is 2.86. The lowest BCUT2D eigenvalue weighted by Crippen LogP contribution is -2.11. The van der Waals surface area contributed by atoms with E-state index in [9.17, 15) is 18.0 Å². The van der Waals surface area contributed by atoms with Gasteiger partial charge < -0.3 is 4.74 Å². The number of hydrogen-bond donors (Lipinski definition) is 1. The maximum absolute atomic E-state index is 13.2. The molecular formula is C12H9BrF3N3O2. The Morgan fingerprint density at radius 3 is 2.71 bits per heavy atom. The zero-order valence-electron chi connectivity index (χ0n) is 10.7. The molecule has 0 saturated carbocycles. The molecule has 0 atom stereocenters. The first-order valence-electron chi connectivity index (χ1n) is 5.80. The first kappa shape index (κ1) is 15.5. The molecule has 0 radical (unpaired) electrons. The van der Waals surface area contributed by atoms with E-state index in [1.165, 1.54) is 18.2 Å². The first-order valence-corrected chi connectivity index (χ1v) is 6.59. The molecule has 0 aliphatic carbocycles. The van der Waals surface area contributed by atoms with E-state index in [0.717, 1.165) is 0 Å². The van der Waals surface area contributed by atoms with Crippen molar-refractivity contribution in [2.75, 3.05) is 6.61 Å². The minimum absolute atomic E-state index is 0.0791. The number of nitrogens with one attached hydrogen (secondary N) is 1. The van der Waals surface area contributed by atoms with Crippen molar-refractivity contribution in [1.29, 1.82) is 0 Å². The second kappa shape index (κ2) is 5.84. The molecule has 0 aliphatic rings. The standard InChI is InChI=1S/C12H9BrF3N3O2/c1-2-21-11(20)10-9(17-19-18-10)6-4-3-5-7(13)8(6)12(14,15)16/h3-5H,2H2,1H3,(H,17,18,19). The van der Waals surface area contributed by atoms with Crippen molar-refractivity contribution in [3.05, 3.63) is 33.9 Å². The molecule has 0 unspecified atom stereocenters. The normalized spacial score (nSPS) is 11.5. The van der Waals surface area contributed by atoms with Crippen LogP contribution in [0.25, 0.3) is 11.3 Å². The molecule has 21 heavy (non-hydrogen) atoms. The number of hydrogen-bond acceptors (Lipinski definition) is 4. The summed E-state index contributed by atoms with van der Waals surface area (Å²) in [4.78, 5) is 11.7. The van der Waals surface area contributed by atoms with Crippen molar-refractivity contribution >= 4 is 21.9 Å². The summed E-state index contributed by atoms with van der Waals surface area (Å²) in [5.41, 5.74) is -1.68. The van der Waals surface area contributed by atoms with Crippen LogP contribution in [0.1, 0.15) is 23.0 Å². The number of nitrogens with zero attached hydrogens (tertiary/aromatic N) is 2. The molecule has 1 N–H and O–H groups in total. The van der Waals surface area contributed by atoms with Gasteiger partial charge in [0.05, 0.1) is 12.2 Å². The minimum Gasteiger partial charge on any atom is -0.461 e. The molecule has 0 saturated heterocycles. The van der Waals surface area contributed by atoms with Gasteiger partial charge in [-0.3, -0.25) is 0 Å². The van der Waals surface area contributed by atoms with Gasteiger partial charge >= 0.3 is 12.1 Å². The van der Waals surface area contributed by atoms with E-state index in [-0.39, 0.29) is 28.0 Å². The fourth-order valence-corrected chi connectivity index (χ4v) is 2.36. The van der Waals surface area contributed by atoms with Crippen molar-refractivity contribution < 1.29 is 22.7 Å². The Bertz CT molecular complexity index is 670. The largest absolute Gasteiger partial charge is 0.461 e. The number of halogens is 4. The fraction of sp³-hybridized carbons (Fsp3) is 0.250. The lowest BCUT2D eigenvalue weighted by atomic mass is 10.0. The van der Waals surface area contributed by atoms with Crippen LogP contribution in [0.5, 0.6) is 0 Å². The summed E-state index contributed by atoms with van der Waals surface area (Å²) in [6, 6.07) is 3.89. The zero-order chi connectivity index (χ0) is 15.6. The second-order valence-electron chi connectivity index (χ2n) is 3.90. The number of carbonyl (C=O) groups is 1. The van der Waals surface area contributed by atoms with Crippen LogP contribution in [0, 0.1) is 0 Å². The molecule has 0 aliphatic heterocycles. The number of H-pyrrole nitrogens is 1. The van der Waals surface area contributed by atoms with Gasteiger partial charge in [-0.2, -0.15) is 23.5 Å². The van der Waals surface area contributed by atoms with E-state index >= 15 is 0 Å². The summed E-state index contributed by atoms with van der Waals surface area (Å²) < 4.78 is 44.1. The number of benzene rings is 1. The highest BCUT2D eigenvalue weighted by Crippen LogP contribution is 2.41. The third-order valence-electron chi connectivity index (χ3n) is 2.57. The van der Waals surface area contributed by atoms with Crippen LogP contribution < -0.4 is 0 Å².